The molecule has 346 valence electrons. The molecule has 10 rings (SSSR count). The fourth-order valence-electron chi connectivity index (χ4n) is 10.5. The van der Waals surface area contributed by atoms with Crippen molar-refractivity contribution in [2.24, 2.45) is 17.1 Å². The zero-order chi connectivity index (χ0) is 45.8. The third-order valence-electron chi connectivity index (χ3n) is 14.5. The molecule has 16 nitrogen and oxygen atoms in total. The highest BCUT2D eigenvalue weighted by Crippen LogP contribution is 2.47. The van der Waals surface area contributed by atoms with Crippen LogP contribution in [-0.2, 0) is 22.4 Å². The number of aromatic nitrogens is 4. The molecule has 1 atom stereocenters. The number of anilines is 4. The van der Waals surface area contributed by atoms with Crippen molar-refractivity contribution in [1.29, 1.82) is 0 Å². The number of rotatable bonds is 9. The van der Waals surface area contributed by atoms with Gasteiger partial charge in [-0.1, -0.05) is 23.7 Å². The number of pyridine rings is 1. The number of amides is 5. The fraction of sp³-hybridized carbons (Fsp3) is 0.543. The first kappa shape index (κ1) is 44.7. The Labute approximate surface area is 381 Å². The summed E-state index contributed by atoms with van der Waals surface area (Å²) in [6, 6.07) is 8.73. The van der Waals surface area contributed by atoms with Gasteiger partial charge in [0.05, 0.1) is 40.9 Å². The van der Waals surface area contributed by atoms with E-state index in [-0.39, 0.29) is 65.6 Å². The molecule has 3 saturated heterocycles. The van der Waals surface area contributed by atoms with Crippen LogP contribution in [0, 0.1) is 18.3 Å². The number of primary amides is 1. The molecule has 4 aromatic rings. The van der Waals surface area contributed by atoms with E-state index < -0.39 is 23.8 Å². The number of alkyl halides is 2. The lowest BCUT2D eigenvalue weighted by molar-refractivity contribution is -0.127. The number of ether oxygens (including phenoxy) is 1. The standard InChI is InChI=1S/C41H46ClF2N11O4.C5H10O/c1-23-35(42)31(54-15-10-34(56)49-39(54)59)17-29(48-23)38(58)52-20-40(21-52)11-6-26(7-12-40)51-13-8-25(41(43,44)22-51)16-24-4-3-5-30-27(24)9-14-53(30)33-18-28(46-2)37-47-19-32(36(45)57)55(37)50-33;1-6-5-3-2-4-5/h3-5,17-19,25-26,46H,6-16,20-22H2,1-2H3,(H2,45,57)(H,49,56,59);5H,2-4H2,1H3. The number of aryl methyl sites for hydroxylation is 1. The van der Waals surface area contributed by atoms with Gasteiger partial charge in [-0.3, -0.25) is 29.5 Å². The van der Waals surface area contributed by atoms with Gasteiger partial charge in [-0.05, 0) is 101 Å². The first-order valence-corrected chi connectivity index (χ1v) is 23.0. The lowest BCUT2D eigenvalue weighted by atomic mass is 9.67. The van der Waals surface area contributed by atoms with E-state index in [1.54, 1.807) is 26.0 Å². The average Bonchev–Trinajstić information content (AvgIpc) is 3.90. The topological polar surface area (TPSA) is 184 Å². The number of nitrogens with zero attached hydrogens (tertiary/aromatic N) is 8. The summed E-state index contributed by atoms with van der Waals surface area (Å²) in [7, 11) is 3.55. The average molecular weight is 916 g/mol. The van der Waals surface area contributed by atoms with Crippen molar-refractivity contribution in [3.05, 3.63) is 69.8 Å². The van der Waals surface area contributed by atoms with E-state index in [0.717, 1.165) is 42.5 Å². The smallest absolute Gasteiger partial charge is 0.328 e. The predicted octanol–water partition coefficient (Wildman–Crippen LogP) is 6.14. The maximum absolute atomic E-state index is 16.1. The van der Waals surface area contributed by atoms with Crippen molar-refractivity contribution in [2.45, 2.75) is 95.6 Å². The largest absolute Gasteiger partial charge is 0.385 e. The molecule has 6 aliphatic rings. The van der Waals surface area contributed by atoms with Crippen molar-refractivity contribution >= 4 is 63.9 Å². The third-order valence-corrected chi connectivity index (χ3v) is 15.0. The van der Waals surface area contributed by atoms with Crippen LogP contribution in [0.3, 0.4) is 0 Å². The minimum absolute atomic E-state index is 0.0508. The monoisotopic (exact) mass is 915 g/mol. The van der Waals surface area contributed by atoms with Crippen LogP contribution in [0.2, 0.25) is 5.02 Å². The summed E-state index contributed by atoms with van der Waals surface area (Å²) in [4.78, 5) is 65.8. The molecule has 7 heterocycles. The normalized spacial score (nSPS) is 21.9. The number of halogens is 3. The second kappa shape index (κ2) is 17.7. The molecule has 1 unspecified atom stereocenters. The molecule has 19 heteroatoms. The molecule has 1 spiro atoms. The second-order valence-corrected chi connectivity index (χ2v) is 18.9. The van der Waals surface area contributed by atoms with Gasteiger partial charge in [-0.2, -0.15) is 0 Å². The van der Waals surface area contributed by atoms with Crippen LogP contribution in [0.15, 0.2) is 36.5 Å². The zero-order valence-electron chi connectivity index (χ0n) is 37.0. The lowest BCUT2D eigenvalue weighted by Gasteiger charge is -2.55. The number of benzene rings is 1. The van der Waals surface area contributed by atoms with Gasteiger partial charge in [0.25, 0.3) is 17.7 Å². The number of likely N-dealkylation sites (tertiary alicyclic amines) is 2. The Balaban J connectivity index is 0.000000823. The molecule has 4 aliphatic heterocycles. The summed E-state index contributed by atoms with van der Waals surface area (Å²) in [6.45, 7) is 3.91. The molecule has 2 saturated carbocycles. The lowest BCUT2D eigenvalue weighted by Crippen LogP contribution is -2.61. The van der Waals surface area contributed by atoms with E-state index in [9.17, 15) is 19.2 Å². The minimum Gasteiger partial charge on any atom is -0.385 e. The summed E-state index contributed by atoms with van der Waals surface area (Å²) in [5.41, 5.74) is 10.7. The molecule has 3 aromatic heterocycles. The highest BCUT2D eigenvalue weighted by molar-refractivity contribution is 6.34. The number of nitrogens with one attached hydrogen (secondary N) is 2. The van der Waals surface area contributed by atoms with Crippen molar-refractivity contribution in [1.82, 2.24) is 34.7 Å². The van der Waals surface area contributed by atoms with E-state index in [2.05, 4.69) is 20.6 Å². The summed E-state index contributed by atoms with van der Waals surface area (Å²) >= 11 is 6.50. The fourth-order valence-corrected chi connectivity index (χ4v) is 10.7. The minimum atomic E-state index is -2.86. The van der Waals surface area contributed by atoms with Crippen LogP contribution in [-0.4, -0.2) is 125 Å². The molecule has 65 heavy (non-hydrogen) atoms. The predicted molar refractivity (Wildman–Crippen MR) is 241 cm³/mol. The van der Waals surface area contributed by atoms with Crippen LogP contribution < -0.4 is 26.2 Å². The molecule has 0 bridgehead atoms. The first-order valence-electron chi connectivity index (χ1n) is 22.6. The van der Waals surface area contributed by atoms with E-state index in [4.69, 9.17) is 27.2 Å². The molecular weight excluding hydrogens is 860 g/mol. The highest BCUT2D eigenvalue weighted by atomic mass is 35.5. The number of imide groups is 1. The maximum atomic E-state index is 16.1. The number of piperidine rings is 1. The first-order chi connectivity index (χ1) is 31.2. The summed E-state index contributed by atoms with van der Waals surface area (Å²) in [6.07, 6.45) is 10.7. The zero-order valence-corrected chi connectivity index (χ0v) is 37.8. The number of nitrogens with two attached hydrogens (primary N) is 1. The molecule has 4 N–H and O–H groups in total. The number of fused-ring (bicyclic) bond motifs is 2. The van der Waals surface area contributed by atoms with Gasteiger partial charge in [0.2, 0.25) is 5.91 Å². The Morgan fingerprint density at radius 1 is 1.00 bits per heavy atom. The summed E-state index contributed by atoms with van der Waals surface area (Å²) in [5, 5.41) is 10.4. The summed E-state index contributed by atoms with van der Waals surface area (Å²) in [5.74, 6) is -4.30. The highest BCUT2D eigenvalue weighted by Gasteiger charge is 2.51. The SMILES string of the molecule is CNc1cc(N2CCc3c(CC4CCN(C5CCC6(CC5)CN(C(=O)c5cc(N7CCC(=O)NC7=O)c(Cl)c(C)n5)C6)CC4(F)F)cccc32)nn2c(C(N)=O)cnc12.COC1CCC1. The Bertz CT molecular complexity index is 2520. The van der Waals surface area contributed by atoms with Crippen molar-refractivity contribution < 1.29 is 32.7 Å². The van der Waals surface area contributed by atoms with Gasteiger partial charge >= 0.3 is 6.03 Å². The second-order valence-electron chi connectivity index (χ2n) is 18.5. The summed E-state index contributed by atoms with van der Waals surface area (Å²) < 4.78 is 38.7. The van der Waals surface area contributed by atoms with Crippen LogP contribution in [0.1, 0.15) is 95.6 Å². The van der Waals surface area contributed by atoms with Gasteiger partial charge in [0.1, 0.15) is 11.4 Å². The quantitative estimate of drug-likeness (QED) is 0.176. The third kappa shape index (κ3) is 8.60. The van der Waals surface area contributed by atoms with Gasteiger partial charge in [-0.25, -0.2) is 28.1 Å². The Morgan fingerprint density at radius 3 is 2.40 bits per heavy atom. The van der Waals surface area contributed by atoms with Crippen molar-refractivity contribution in [3.8, 4) is 0 Å². The van der Waals surface area contributed by atoms with E-state index >= 15 is 8.78 Å². The number of hydrogen-bond acceptors (Lipinski definition) is 11. The van der Waals surface area contributed by atoms with Crippen LogP contribution in [0.4, 0.5) is 36.5 Å². The molecular formula is C46H56ClF2N11O5. The van der Waals surface area contributed by atoms with E-state index in [1.165, 1.54) is 40.9 Å². The number of urea groups is 1. The van der Waals surface area contributed by atoms with Gasteiger partial charge < -0.3 is 25.6 Å². The molecule has 5 amide bonds. The maximum Gasteiger partial charge on any atom is 0.328 e. The van der Waals surface area contributed by atoms with Crippen LogP contribution >= 0.6 is 11.6 Å². The van der Waals surface area contributed by atoms with Crippen LogP contribution in [0.25, 0.3) is 5.65 Å². The van der Waals surface area contributed by atoms with Gasteiger partial charge in [0, 0.05) is 75.9 Å². The molecule has 2 aliphatic carbocycles. The van der Waals surface area contributed by atoms with Gasteiger partial charge in [-0.15, -0.1) is 5.10 Å². The van der Waals surface area contributed by atoms with Crippen molar-refractivity contribution in [2.75, 3.05) is 68.5 Å². The van der Waals surface area contributed by atoms with Crippen LogP contribution in [0.5, 0.6) is 0 Å². The number of carbonyl (C=O) groups is 4. The number of carbonyl (C=O) groups excluding carboxylic acids is 4. The van der Waals surface area contributed by atoms with Crippen molar-refractivity contribution in [3.63, 3.8) is 0 Å². The Hall–Kier alpha value is -5.46. The Kier molecular flexibility index (Phi) is 12.2. The van der Waals surface area contributed by atoms with Gasteiger partial charge in [0.15, 0.2) is 11.5 Å². The molecule has 5 fully saturated rings. The molecule has 0 radical (unpaired) electrons. The number of imidazole rings is 1. The van der Waals surface area contributed by atoms with E-state index in [0.29, 0.717) is 73.7 Å². The Morgan fingerprint density at radius 2 is 1.75 bits per heavy atom. The van der Waals surface area contributed by atoms with E-state index in [1.807, 2.05) is 34.1 Å². The molecule has 1 aromatic carbocycles. The number of hydrogen-bond donors (Lipinski definition) is 3. The number of methoxy groups -OCH3 is 1.